The number of halogens is 4. The number of hydrogen-bond donors (Lipinski definition) is 1. The minimum Gasteiger partial charge on any atom is -0.481 e. The van der Waals surface area contributed by atoms with E-state index in [1.807, 2.05) is 24.3 Å². The fourth-order valence-corrected chi connectivity index (χ4v) is 4.66. The van der Waals surface area contributed by atoms with Crippen LogP contribution in [0.1, 0.15) is 23.5 Å². The smallest absolute Gasteiger partial charge is 0.397 e. The molecule has 0 aliphatic carbocycles. The van der Waals surface area contributed by atoms with Crippen molar-refractivity contribution < 1.29 is 27.1 Å². The summed E-state index contributed by atoms with van der Waals surface area (Å²) in [6.07, 6.45) is -2.61. The summed E-state index contributed by atoms with van der Waals surface area (Å²) in [4.78, 5) is 31.5. The molecule has 1 aliphatic heterocycles. The molecule has 0 saturated carbocycles. The number of amides is 1. The lowest BCUT2D eigenvalue weighted by atomic mass is 10.1. The Kier molecular flexibility index (Phi) is 7.47. The molecule has 0 bridgehead atoms. The standard InChI is InChI=1S/C27H26F4N6O2/c1-39-25-13-20(21(28)15-33-25)18-2-3-22-23(11-18)35-24(34-22)12-19-10-17(4-5-32-19)16-36-6-8-37(9-7-36)26(38)14-27(29,30)31/h2-5,10-11,13,15H,6-9,12,14,16H2,1H3,(H,34,35). The van der Waals surface area contributed by atoms with Crippen LogP contribution in [0.5, 0.6) is 5.88 Å². The fourth-order valence-electron chi connectivity index (χ4n) is 4.66. The lowest BCUT2D eigenvalue weighted by Crippen LogP contribution is -2.49. The lowest BCUT2D eigenvalue weighted by Gasteiger charge is -2.35. The van der Waals surface area contributed by atoms with Gasteiger partial charge in [-0.25, -0.2) is 14.4 Å². The summed E-state index contributed by atoms with van der Waals surface area (Å²) < 4.78 is 57.1. The Morgan fingerprint density at radius 2 is 1.87 bits per heavy atom. The number of aromatic nitrogens is 4. The van der Waals surface area contributed by atoms with Crippen LogP contribution in [0, 0.1) is 5.82 Å². The van der Waals surface area contributed by atoms with Crippen molar-refractivity contribution in [2.24, 2.45) is 0 Å². The molecule has 5 rings (SSSR count). The van der Waals surface area contributed by atoms with E-state index in [1.54, 1.807) is 18.3 Å². The van der Waals surface area contributed by atoms with Gasteiger partial charge in [-0.05, 0) is 35.4 Å². The van der Waals surface area contributed by atoms with Gasteiger partial charge in [0.2, 0.25) is 11.8 Å². The Morgan fingerprint density at radius 3 is 2.62 bits per heavy atom. The summed E-state index contributed by atoms with van der Waals surface area (Å²) in [5.74, 6) is -0.307. The number of pyridine rings is 2. The maximum Gasteiger partial charge on any atom is 0.397 e. The molecule has 1 saturated heterocycles. The van der Waals surface area contributed by atoms with Crippen LogP contribution in [0.2, 0.25) is 0 Å². The Bertz CT molecular complexity index is 1480. The molecule has 4 heterocycles. The van der Waals surface area contributed by atoms with E-state index < -0.39 is 24.3 Å². The third kappa shape index (κ3) is 6.51. The molecular weight excluding hydrogens is 516 g/mol. The molecule has 0 atom stereocenters. The van der Waals surface area contributed by atoms with Gasteiger partial charge in [0.15, 0.2) is 0 Å². The molecule has 3 aromatic heterocycles. The number of carbonyl (C=O) groups excluding carboxylic acids is 1. The summed E-state index contributed by atoms with van der Waals surface area (Å²) in [6, 6.07) is 10.8. The van der Waals surface area contributed by atoms with E-state index >= 15 is 0 Å². The van der Waals surface area contributed by atoms with Crippen LogP contribution < -0.4 is 4.74 Å². The molecule has 1 fully saturated rings. The SMILES string of the molecule is COc1cc(-c2ccc3nc(Cc4cc(CN5CCN(C(=O)CC(F)(F)F)CC5)ccn4)[nH]c3c2)c(F)cn1. The average molecular weight is 543 g/mol. The number of piperazine rings is 1. The maximum absolute atomic E-state index is 14.4. The number of nitrogens with one attached hydrogen (secondary N) is 1. The Hall–Kier alpha value is -4.06. The number of imidazole rings is 1. The Balaban J connectivity index is 1.23. The van der Waals surface area contributed by atoms with Crippen molar-refractivity contribution in [3.05, 3.63) is 71.7 Å². The summed E-state index contributed by atoms with van der Waals surface area (Å²) >= 11 is 0. The number of rotatable bonds is 7. The predicted molar refractivity (Wildman–Crippen MR) is 135 cm³/mol. The highest BCUT2D eigenvalue weighted by Gasteiger charge is 2.34. The molecule has 0 radical (unpaired) electrons. The van der Waals surface area contributed by atoms with Crippen LogP contribution in [0.25, 0.3) is 22.2 Å². The monoisotopic (exact) mass is 542 g/mol. The second-order valence-corrected chi connectivity index (χ2v) is 9.40. The molecule has 0 unspecified atom stereocenters. The summed E-state index contributed by atoms with van der Waals surface area (Å²) in [6.45, 7) is 2.13. The minimum absolute atomic E-state index is 0.268. The first-order valence-electron chi connectivity index (χ1n) is 12.4. The number of carbonyl (C=O) groups is 1. The van der Waals surface area contributed by atoms with Gasteiger partial charge in [-0.15, -0.1) is 0 Å². The van der Waals surface area contributed by atoms with Gasteiger partial charge in [0.05, 0.1) is 24.3 Å². The highest BCUT2D eigenvalue weighted by Crippen LogP contribution is 2.28. The molecule has 39 heavy (non-hydrogen) atoms. The second kappa shape index (κ2) is 11.0. The third-order valence-electron chi connectivity index (χ3n) is 6.59. The molecule has 1 aliphatic rings. The molecule has 8 nitrogen and oxygen atoms in total. The number of methoxy groups -OCH3 is 1. The van der Waals surface area contributed by atoms with Crippen LogP contribution >= 0.6 is 0 Å². The number of H-pyrrole nitrogens is 1. The zero-order chi connectivity index (χ0) is 27.6. The van der Waals surface area contributed by atoms with Crippen molar-refractivity contribution in [1.29, 1.82) is 0 Å². The molecule has 1 amide bonds. The number of ether oxygens (including phenoxy) is 1. The van der Waals surface area contributed by atoms with Crippen molar-refractivity contribution in [3.63, 3.8) is 0 Å². The van der Waals surface area contributed by atoms with E-state index in [0.29, 0.717) is 48.9 Å². The fraction of sp³-hybridized carbons (Fsp3) is 0.333. The third-order valence-corrected chi connectivity index (χ3v) is 6.59. The molecule has 12 heteroatoms. The first-order chi connectivity index (χ1) is 18.7. The predicted octanol–water partition coefficient (Wildman–Crippen LogP) is 4.36. The van der Waals surface area contributed by atoms with Gasteiger partial charge in [-0.3, -0.25) is 14.7 Å². The van der Waals surface area contributed by atoms with Gasteiger partial charge >= 0.3 is 6.18 Å². The Labute approximate surface area is 221 Å². The van der Waals surface area contributed by atoms with Gasteiger partial charge in [0.25, 0.3) is 0 Å². The first-order valence-corrected chi connectivity index (χ1v) is 12.4. The first kappa shape index (κ1) is 26.5. The van der Waals surface area contributed by atoms with Gasteiger partial charge in [0, 0.05) is 62.7 Å². The number of fused-ring (bicyclic) bond motifs is 1. The highest BCUT2D eigenvalue weighted by atomic mass is 19.4. The van der Waals surface area contributed by atoms with Crippen molar-refractivity contribution in [2.75, 3.05) is 33.3 Å². The van der Waals surface area contributed by atoms with E-state index in [1.165, 1.54) is 12.0 Å². The number of alkyl halides is 3. The quantitative estimate of drug-likeness (QED) is 0.350. The Morgan fingerprint density at radius 1 is 1.08 bits per heavy atom. The van der Waals surface area contributed by atoms with Gasteiger partial charge in [-0.1, -0.05) is 6.07 Å². The highest BCUT2D eigenvalue weighted by molar-refractivity contribution is 5.82. The largest absolute Gasteiger partial charge is 0.481 e. The molecular formula is C27H26F4N6O2. The van der Waals surface area contributed by atoms with E-state index in [0.717, 1.165) is 28.5 Å². The summed E-state index contributed by atoms with van der Waals surface area (Å²) in [7, 11) is 1.47. The van der Waals surface area contributed by atoms with E-state index in [-0.39, 0.29) is 13.1 Å². The molecule has 4 aromatic rings. The number of hydrogen-bond acceptors (Lipinski definition) is 6. The minimum atomic E-state index is -4.49. The van der Waals surface area contributed by atoms with Crippen molar-refractivity contribution in [1.82, 2.24) is 29.7 Å². The van der Waals surface area contributed by atoms with Gasteiger partial charge in [0.1, 0.15) is 18.1 Å². The molecule has 1 aromatic carbocycles. The van der Waals surface area contributed by atoms with Gasteiger partial charge < -0.3 is 14.6 Å². The van der Waals surface area contributed by atoms with Gasteiger partial charge in [-0.2, -0.15) is 13.2 Å². The zero-order valence-electron chi connectivity index (χ0n) is 21.1. The van der Waals surface area contributed by atoms with Crippen molar-refractivity contribution >= 4 is 16.9 Å². The number of benzene rings is 1. The molecule has 204 valence electrons. The van der Waals surface area contributed by atoms with E-state index in [2.05, 4.69) is 24.8 Å². The second-order valence-electron chi connectivity index (χ2n) is 9.40. The number of aromatic amines is 1. The van der Waals surface area contributed by atoms with Crippen LogP contribution in [0.15, 0.2) is 48.8 Å². The lowest BCUT2D eigenvalue weighted by molar-refractivity contribution is -0.162. The van der Waals surface area contributed by atoms with E-state index in [9.17, 15) is 22.4 Å². The van der Waals surface area contributed by atoms with Crippen LogP contribution in [0.4, 0.5) is 17.6 Å². The number of nitrogens with zero attached hydrogens (tertiary/aromatic N) is 5. The van der Waals surface area contributed by atoms with Crippen molar-refractivity contribution in [3.8, 4) is 17.0 Å². The van der Waals surface area contributed by atoms with E-state index in [4.69, 9.17) is 4.74 Å². The summed E-state index contributed by atoms with van der Waals surface area (Å²) in [5.41, 5.74) is 4.35. The topological polar surface area (TPSA) is 87.2 Å². The van der Waals surface area contributed by atoms with Crippen LogP contribution in [0.3, 0.4) is 0 Å². The average Bonchev–Trinajstić information content (AvgIpc) is 3.30. The molecule has 1 N–H and O–H groups in total. The summed E-state index contributed by atoms with van der Waals surface area (Å²) in [5, 5.41) is 0. The normalized spacial score (nSPS) is 14.6. The van der Waals surface area contributed by atoms with Crippen LogP contribution in [-0.4, -0.2) is 75.1 Å². The molecule has 0 spiro atoms. The maximum atomic E-state index is 14.4. The zero-order valence-corrected chi connectivity index (χ0v) is 21.1. The van der Waals surface area contributed by atoms with Crippen LogP contribution in [-0.2, 0) is 17.8 Å². The van der Waals surface area contributed by atoms with Crippen molar-refractivity contribution in [2.45, 2.75) is 25.6 Å².